The monoisotopic (exact) mass is 233 g/mol. The van der Waals surface area contributed by atoms with Gasteiger partial charge in [0.2, 0.25) is 5.95 Å². The topological polar surface area (TPSA) is 77.5 Å². The largest absolute Gasteiger partial charge is 0.381 e. The predicted molar refractivity (Wildman–Crippen MR) is 64.9 cm³/mol. The molecule has 3 heterocycles. The summed E-state index contributed by atoms with van der Waals surface area (Å²) in [5, 5.41) is 7.63. The highest BCUT2D eigenvalue weighted by atomic mass is 16.5. The van der Waals surface area contributed by atoms with E-state index in [9.17, 15) is 0 Å². The molecule has 3 N–H and O–H groups in total. The molecule has 6 heteroatoms. The maximum Gasteiger partial charge on any atom is 0.240 e. The van der Waals surface area contributed by atoms with Crippen LogP contribution in [0.2, 0.25) is 0 Å². The van der Waals surface area contributed by atoms with E-state index in [4.69, 9.17) is 10.5 Å². The third-order valence-electron chi connectivity index (χ3n) is 2.95. The van der Waals surface area contributed by atoms with Crippen molar-refractivity contribution < 1.29 is 4.74 Å². The number of hydrogen-bond acceptors (Lipinski definition) is 5. The minimum absolute atomic E-state index is 0.297. The predicted octanol–water partition coefficient (Wildman–Crippen LogP) is 0.902. The number of nitrogens with one attached hydrogen (secondary N) is 1. The van der Waals surface area contributed by atoms with Crippen LogP contribution >= 0.6 is 0 Å². The number of fused-ring (bicyclic) bond motifs is 1. The molecule has 1 saturated heterocycles. The number of aromatic nitrogens is 3. The van der Waals surface area contributed by atoms with Crippen LogP contribution in [0.3, 0.4) is 0 Å². The summed E-state index contributed by atoms with van der Waals surface area (Å²) in [6.45, 7) is 1.63. The molecule has 17 heavy (non-hydrogen) atoms. The number of ether oxygens (including phenoxy) is 1. The van der Waals surface area contributed by atoms with Crippen molar-refractivity contribution >= 4 is 17.4 Å². The molecular weight excluding hydrogens is 218 g/mol. The van der Waals surface area contributed by atoms with E-state index in [0.717, 1.165) is 37.5 Å². The molecule has 2 aromatic rings. The Kier molecular flexibility index (Phi) is 2.56. The van der Waals surface area contributed by atoms with Gasteiger partial charge in [0.1, 0.15) is 5.82 Å². The standard InChI is InChI=1S/C11H15N5O/c12-11-14-10-3-1-2-9(16(10)15-11)13-8-4-6-17-7-5-8/h1-3,8,13H,4-7H2,(H2,12,15). The highest BCUT2D eigenvalue weighted by Crippen LogP contribution is 2.16. The van der Waals surface area contributed by atoms with Crippen LogP contribution in [0.1, 0.15) is 12.8 Å². The fourth-order valence-corrected chi connectivity index (χ4v) is 2.08. The first-order chi connectivity index (χ1) is 8.33. The van der Waals surface area contributed by atoms with Gasteiger partial charge in [-0.25, -0.2) is 0 Å². The molecule has 2 aromatic heterocycles. The zero-order valence-corrected chi connectivity index (χ0v) is 9.47. The number of rotatable bonds is 2. The molecule has 0 spiro atoms. The lowest BCUT2D eigenvalue weighted by Gasteiger charge is -2.24. The SMILES string of the molecule is Nc1nc2cccc(NC3CCOCC3)n2n1. The summed E-state index contributed by atoms with van der Waals surface area (Å²) in [5.41, 5.74) is 6.37. The second kappa shape index (κ2) is 4.21. The molecule has 0 radical (unpaired) electrons. The van der Waals surface area contributed by atoms with Gasteiger partial charge in [-0.05, 0) is 25.0 Å². The summed E-state index contributed by atoms with van der Waals surface area (Å²) in [7, 11) is 0. The van der Waals surface area contributed by atoms with Crippen molar-refractivity contribution in [3.63, 3.8) is 0 Å². The minimum Gasteiger partial charge on any atom is -0.381 e. The third-order valence-corrected chi connectivity index (χ3v) is 2.95. The lowest BCUT2D eigenvalue weighted by atomic mass is 10.1. The van der Waals surface area contributed by atoms with Gasteiger partial charge in [0.25, 0.3) is 0 Å². The fraction of sp³-hybridized carbons (Fsp3) is 0.455. The van der Waals surface area contributed by atoms with Crippen LogP contribution in [0, 0.1) is 0 Å². The summed E-state index contributed by atoms with van der Waals surface area (Å²) >= 11 is 0. The Morgan fingerprint density at radius 2 is 2.18 bits per heavy atom. The van der Waals surface area contributed by atoms with Crippen LogP contribution in [0.25, 0.3) is 5.65 Å². The van der Waals surface area contributed by atoms with Gasteiger partial charge in [-0.2, -0.15) is 9.50 Å². The van der Waals surface area contributed by atoms with Gasteiger partial charge in [0, 0.05) is 19.3 Å². The van der Waals surface area contributed by atoms with Crippen LogP contribution in [0.4, 0.5) is 11.8 Å². The number of hydrogen-bond donors (Lipinski definition) is 2. The fourth-order valence-electron chi connectivity index (χ4n) is 2.08. The zero-order chi connectivity index (χ0) is 11.7. The molecule has 0 aromatic carbocycles. The summed E-state index contributed by atoms with van der Waals surface area (Å²) in [4.78, 5) is 4.13. The average Bonchev–Trinajstić information content (AvgIpc) is 2.72. The first-order valence-electron chi connectivity index (χ1n) is 5.78. The van der Waals surface area contributed by atoms with E-state index in [1.807, 2.05) is 18.2 Å². The molecule has 90 valence electrons. The quantitative estimate of drug-likeness (QED) is 0.806. The molecule has 0 amide bonds. The van der Waals surface area contributed by atoms with Crippen molar-refractivity contribution in [1.29, 1.82) is 0 Å². The van der Waals surface area contributed by atoms with Crippen molar-refractivity contribution in [2.75, 3.05) is 24.3 Å². The van der Waals surface area contributed by atoms with Gasteiger partial charge in [-0.3, -0.25) is 0 Å². The summed E-state index contributed by atoms with van der Waals surface area (Å²) in [5.74, 6) is 1.23. The molecule has 0 aliphatic carbocycles. The summed E-state index contributed by atoms with van der Waals surface area (Å²) < 4.78 is 7.08. The second-order valence-electron chi connectivity index (χ2n) is 4.18. The summed E-state index contributed by atoms with van der Waals surface area (Å²) in [6, 6.07) is 6.25. The smallest absolute Gasteiger partial charge is 0.240 e. The van der Waals surface area contributed by atoms with Gasteiger partial charge in [0.15, 0.2) is 5.65 Å². The lowest BCUT2D eigenvalue weighted by molar-refractivity contribution is 0.0903. The summed E-state index contributed by atoms with van der Waals surface area (Å²) in [6.07, 6.45) is 2.03. The maximum absolute atomic E-state index is 5.60. The van der Waals surface area contributed by atoms with Crippen molar-refractivity contribution in [3.05, 3.63) is 18.2 Å². The Labute approximate surface area is 98.8 Å². The molecule has 0 unspecified atom stereocenters. The van der Waals surface area contributed by atoms with Crippen molar-refractivity contribution in [3.8, 4) is 0 Å². The molecule has 0 bridgehead atoms. The average molecular weight is 233 g/mol. The van der Waals surface area contributed by atoms with Gasteiger partial charge in [-0.1, -0.05) is 6.07 Å². The Balaban J connectivity index is 1.88. The molecule has 6 nitrogen and oxygen atoms in total. The molecule has 1 fully saturated rings. The van der Waals surface area contributed by atoms with E-state index in [2.05, 4.69) is 15.4 Å². The Hall–Kier alpha value is -1.82. The molecule has 1 aliphatic rings. The highest BCUT2D eigenvalue weighted by molar-refractivity contribution is 5.51. The van der Waals surface area contributed by atoms with Gasteiger partial charge < -0.3 is 15.8 Å². The number of nitrogen functional groups attached to an aromatic ring is 1. The van der Waals surface area contributed by atoms with Crippen LogP contribution in [-0.2, 0) is 4.74 Å². The van der Waals surface area contributed by atoms with Crippen LogP contribution < -0.4 is 11.1 Å². The first kappa shape index (κ1) is 10.3. The highest BCUT2D eigenvalue weighted by Gasteiger charge is 2.15. The number of nitrogens with two attached hydrogens (primary N) is 1. The Morgan fingerprint density at radius 1 is 1.35 bits per heavy atom. The van der Waals surface area contributed by atoms with Crippen LogP contribution in [0.15, 0.2) is 18.2 Å². The van der Waals surface area contributed by atoms with Crippen molar-refractivity contribution in [2.24, 2.45) is 0 Å². The number of anilines is 2. The third kappa shape index (κ3) is 2.03. The van der Waals surface area contributed by atoms with Gasteiger partial charge in [0.05, 0.1) is 0 Å². The lowest BCUT2D eigenvalue weighted by Crippen LogP contribution is -2.28. The minimum atomic E-state index is 0.297. The molecule has 0 saturated carbocycles. The Bertz CT molecular complexity index is 518. The zero-order valence-electron chi connectivity index (χ0n) is 9.47. The van der Waals surface area contributed by atoms with E-state index < -0.39 is 0 Å². The van der Waals surface area contributed by atoms with E-state index in [0.29, 0.717) is 12.0 Å². The molecule has 0 atom stereocenters. The molecular formula is C11H15N5O. The normalized spacial score (nSPS) is 17.4. The first-order valence-corrected chi connectivity index (χ1v) is 5.78. The molecule has 3 rings (SSSR count). The van der Waals surface area contributed by atoms with E-state index >= 15 is 0 Å². The van der Waals surface area contributed by atoms with E-state index in [1.54, 1.807) is 4.52 Å². The molecule has 1 aliphatic heterocycles. The number of pyridine rings is 1. The van der Waals surface area contributed by atoms with E-state index in [-0.39, 0.29) is 0 Å². The van der Waals surface area contributed by atoms with Crippen LogP contribution in [0.5, 0.6) is 0 Å². The van der Waals surface area contributed by atoms with Gasteiger partial charge in [-0.15, -0.1) is 5.10 Å². The Morgan fingerprint density at radius 3 is 3.00 bits per heavy atom. The van der Waals surface area contributed by atoms with Crippen molar-refractivity contribution in [1.82, 2.24) is 14.6 Å². The van der Waals surface area contributed by atoms with Crippen LogP contribution in [-0.4, -0.2) is 33.9 Å². The number of nitrogens with zero attached hydrogens (tertiary/aromatic N) is 3. The van der Waals surface area contributed by atoms with Gasteiger partial charge >= 0.3 is 0 Å². The van der Waals surface area contributed by atoms with E-state index in [1.165, 1.54) is 0 Å². The second-order valence-corrected chi connectivity index (χ2v) is 4.18. The van der Waals surface area contributed by atoms with Crippen molar-refractivity contribution in [2.45, 2.75) is 18.9 Å². The maximum atomic E-state index is 5.60.